The lowest BCUT2D eigenvalue weighted by Crippen LogP contribution is -2.39. The largest absolute Gasteiger partial charge is 0.356 e. The van der Waals surface area contributed by atoms with Gasteiger partial charge in [0.2, 0.25) is 0 Å². The van der Waals surface area contributed by atoms with Crippen molar-refractivity contribution in [1.82, 2.24) is 25.0 Å². The van der Waals surface area contributed by atoms with Crippen LogP contribution in [-0.2, 0) is 20.0 Å². The summed E-state index contributed by atoms with van der Waals surface area (Å²) in [6.07, 6.45) is 3.27. The van der Waals surface area contributed by atoms with E-state index in [0.717, 1.165) is 36.7 Å². The van der Waals surface area contributed by atoms with E-state index in [4.69, 9.17) is 0 Å². The highest BCUT2D eigenvalue weighted by Gasteiger charge is 2.09. The molecule has 2 aromatic rings. The van der Waals surface area contributed by atoms with E-state index in [1.165, 1.54) is 6.07 Å². The van der Waals surface area contributed by atoms with Crippen molar-refractivity contribution in [2.45, 2.75) is 19.4 Å². The van der Waals surface area contributed by atoms with Crippen LogP contribution in [0.5, 0.6) is 0 Å². The SMILES string of the molecule is CN=C(NCCCc1cccc(F)c1)N(C)Cc1ncnn1C.I. The molecule has 0 amide bonds. The standard InChI is InChI=1S/C16H23FN6.HI/c1-18-16(22(2)11-15-20-12-21-23(15)3)19-9-5-7-13-6-4-8-14(17)10-13;/h4,6,8,10,12H,5,7,9,11H2,1-3H3,(H,18,19);1H. The number of nitrogens with one attached hydrogen (secondary N) is 1. The number of nitrogens with zero attached hydrogens (tertiary/aromatic N) is 5. The van der Waals surface area contributed by atoms with E-state index in [1.54, 1.807) is 30.2 Å². The summed E-state index contributed by atoms with van der Waals surface area (Å²) in [6.45, 7) is 1.40. The summed E-state index contributed by atoms with van der Waals surface area (Å²) in [5.41, 5.74) is 1.01. The summed E-state index contributed by atoms with van der Waals surface area (Å²) in [5.74, 6) is 1.48. The number of rotatable bonds is 6. The van der Waals surface area contributed by atoms with E-state index < -0.39 is 0 Å². The molecule has 0 saturated heterocycles. The molecule has 8 heteroatoms. The van der Waals surface area contributed by atoms with Gasteiger partial charge in [0.05, 0.1) is 6.54 Å². The Balaban J connectivity index is 0.00000288. The van der Waals surface area contributed by atoms with Gasteiger partial charge in [0.1, 0.15) is 18.0 Å². The fourth-order valence-corrected chi connectivity index (χ4v) is 2.32. The molecular weight excluding hydrogens is 422 g/mol. The zero-order chi connectivity index (χ0) is 16.7. The number of halogens is 2. The Hall–Kier alpha value is -1.71. The summed E-state index contributed by atoms with van der Waals surface area (Å²) >= 11 is 0. The Morgan fingerprint density at radius 1 is 1.42 bits per heavy atom. The third kappa shape index (κ3) is 6.06. The third-order valence-corrected chi connectivity index (χ3v) is 3.57. The van der Waals surface area contributed by atoms with Crippen LogP contribution in [0, 0.1) is 5.82 Å². The molecule has 0 aliphatic heterocycles. The number of guanidine groups is 1. The molecule has 0 atom stereocenters. The zero-order valence-corrected chi connectivity index (χ0v) is 16.6. The highest BCUT2D eigenvalue weighted by Crippen LogP contribution is 2.05. The van der Waals surface area contributed by atoms with Crippen LogP contribution in [0.25, 0.3) is 0 Å². The lowest BCUT2D eigenvalue weighted by atomic mass is 10.1. The molecule has 0 saturated carbocycles. The maximum atomic E-state index is 13.1. The van der Waals surface area contributed by atoms with Gasteiger partial charge < -0.3 is 10.2 Å². The third-order valence-electron chi connectivity index (χ3n) is 3.57. The van der Waals surface area contributed by atoms with Crippen molar-refractivity contribution < 1.29 is 4.39 Å². The van der Waals surface area contributed by atoms with Crippen LogP contribution in [0.1, 0.15) is 17.8 Å². The smallest absolute Gasteiger partial charge is 0.193 e. The van der Waals surface area contributed by atoms with E-state index in [2.05, 4.69) is 20.4 Å². The van der Waals surface area contributed by atoms with Crippen molar-refractivity contribution in [1.29, 1.82) is 0 Å². The first-order chi connectivity index (χ1) is 11.1. The van der Waals surface area contributed by atoms with Gasteiger partial charge in [-0.1, -0.05) is 12.1 Å². The molecule has 2 rings (SSSR count). The first kappa shape index (κ1) is 20.3. The predicted molar refractivity (Wildman–Crippen MR) is 104 cm³/mol. The monoisotopic (exact) mass is 446 g/mol. The number of benzene rings is 1. The minimum Gasteiger partial charge on any atom is -0.356 e. The number of aliphatic imine (C=N–C) groups is 1. The van der Waals surface area contributed by atoms with E-state index in [9.17, 15) is 4.39 Å². The molecule has 0 aliphatic carbocycles. The van der Waals surface area contributed by atoms with Gasteiger partial charge in [0.15, 0.2) is 5.96 Å². The number of hydrogen-bond donors (Lipinski definition) is 1. The summed E-state index contributed by atoms with van der Waals surface area (Å²) in [6, 6.07) is 6.73. The molecule has 1 aromatic heterocycles. The van der Waals surface area contributed by atoms with Gasteiger partial charge in [0, 0.05) is 27.7 Å². The summed E-state index contributed by atoms with van der Waals surface area (Å²) in [7, 11) is 5.57. The van der Waals surface area contributed by atoms with Gasteiger partial charge >= 0.3 is 0 Å². The molecule has 0 bridgehead atoms. The molecule has 0 aliphatic rings. The molecule has 24 heavy (non-hydrogen) atoms. The number of aryl methyl sites for hydroxylation is 2. The Bertz CT molecular complexity index is 658. The first-order valence-electron chi connectivity index (χ1n) is 7.59. The average Bonchev–Trinajstić information content (AvgIpc) is 2.92. The molecular formula is C16H24FIN6. The Kier molecular flexibility index (Phi) is 8.66. The van der Waals surface area contributed by atoms with Crippen molar-refractivity contribution in [3.8, 4) is 0 Å². The average molecular weight is 446 g/mol. The van der Waals surface area contributed by atoms with E-state index in [0.29, 0.717) is 6.54 Å². The van der Waals surface area contributed by atoms with Crippen LogP contribution in [0.3, 0.4) is 0 Å². The second-order valence-electron chi connectivity index (χ2n) is 5.36. The number of hydrogen-bond acceptors (Lipinski definition) is 3. The van der Waals surface area contributed by atoms with Crippen molar-refractivity contribution in [3.05, 3.63) is 47.8 Å². The quantitative estimate of drug-likeness (QED) is 0.320. The normalized spacial score (nSPS) is 11.1. The number of aromatic nitrogens is 3. The van der Waals surface area contributed by atoms with Gasteiger partial charge in [-0.2, -0.15) is 5.10 Å². The zero-order valence-electron chi connectivity index (χ0n) is 14.2. The molecule has 1 heterocycles. The van der Waals surface area contributed by atoms with Crippen molar-refractivity contribution >= 4 is 29.9 Å². The first-order valence-corrected chi connectivity index (χ1v) is 7.59. The van der Waals surface area contributed by atoms with Crippen molar-refractivity contribution in [2.24, 2.45) is 12.0 Å². The van der Waals surface area contributed by atoms with Crippen LogP contribution in [0.2, 0.25) is 0 Å². The Morgan fingerprint density at radius 3 is 2.83 bits per heavy atom. The predicted octanol–water partition coefficient (Wildman–Crippen LogP) is 2.21. The molecule has 1 N–H and O–H groups in total. The molecule has 132 valence electrons. The maximum Gasteiger partial charge on any atom is 0.193 e. The van der Waals surface area contributed by atoms with E-state index in [-0.39, 0.29) is 29.8 Å². The van der Waals surface area contributed by atoms with Crippen LogP contribution in [-0.4, -0.2) is 46.3 Å². The van der Waals surface area contributed by atoms with Crippen molar-refractivity contribution in [2.75, 3.05) is 20.6 Å². The van der Waals surface area contributed by atoms with Crippen LogP contribution >= 0.6 is 24.0 Å². The lowest BCUT2D eigenvalue weighted by molar-refractivity contribution is 0.448. The van der Waals surface area contributed by atoms with Gasteiger partial charge in [-0.3, -0.25) is 9.67 Å². The van der Waals surface area contributed by atoms with E-state index in [1.807, 2.05) is 25.1 Å². The molecule has 0 fully saturated rings. The molecule has 1 aromatic carbocycles. The van der Waals surface area contributed by atoms with Crippen LogP contribution in [0.4, 0.5) is 4.39 Å². The topological polar surface area (TPSA) is 58.3 Å². The van der Waals surface area contributed by atoms with E-state index >= 15 is 0 Å². The minimum atomic E-state index is -0.185. The fraction of sp³-hybridized carbons (Fsp3) is 0.438. The maximum absolute atomic E-state index is 13.1. The second kappa shape index (κ2) is 10.2. The van der Waals surface area contributed by atoms with Crippen LogP contribution < -0.4 is 5.32 Å². The summed E-state index contributed by atoms with van der Waals surface area (Å²) in [4.78, 5) is 10.5. The van der Waals surface area contributed by atoms with Gasteiger partial charge in [-0.25, -0.2) is 9.37 Å². The molecule has 0 spiro atoms. The Labute approximate surface area is 159 Å². The molecule has 0 unspecified atom stereocenters. The van der Waals surface area contributed by atoms with Crippen LogP contribution in [0.15, 0.2) is 35.6 Å². The lowest BCUT2D eigenvalue weighted by Gasteiger charge is -2.21. The highest BCUT2D eigenvalue weighted by molar-refractivity contribution is 14.0. The molecule has 6 nitrogen and oxygen atoms in total. The fourth-order valence-electron chi connectivity index (χ4n) is 2.32. The highest BCUT2D eigenvalue weighted by atomic mass is 127. The summed E-state index contributed by atoms with van der Waals surface area (Å²) in [5, 5.41) is 7.37. The Morgan fingerprint density at radius 2 is 2.21 bits per heavy atom. The minimum absolute atomic E-state index is 0. The second-order valence-corrected chi connectivity index (χ2v) is 5.36. The van der Waals surface area contributed by atoms with Crippen molar-refractivity contribution in [3.63, 3.8) is 0 Å². The molecule has 0 radical (unpaired) electrons. The van der Waals surface area contributed by atoms with Gasteiger partial charge in [-0.15, -0.1) is 24.0 Å². The van der Waals surface area contributed by atoms with Gasteiger partial charge in [0.25, 0.3) is 0 Å². The van der Waals surface area contributed by atoms with Gasteiger partial charge in [-0.05, 0) is 30.5 Å². The summed E-state index contributed by atoms with van der Waals surface area (Å²) < 4.78 is 14.9.